The largest absolute Gasteiger partial charge is 0.490 e. The number of carbonyl (C=O) groups excluding carboxylic acids is 1. The van der Waals surface area contributed by atoms with Gasteiger partial charge in [0, 0.05) is 13.2 Å². The van der Waals surface area contributed by atoms with Crippen molar-refractivity contribution in [3.05, 3.63) is 42.5 Å². The lowest BCUT2D eigenvalue weighted by Gasteiger charge is -2.38. The smallest absolute Gasteiger partial charge is 0.314 e. The van der Waals surface area contributed by atoms with Gasteiger partial charge in [-0.25, -0.2) is 0 Å². The Hall–Kier alpha value is -1.85. The summed E-state index contributed by atoms with van der Waals surface area (Å²) in [6.07, 6.45) is 1.61. The summed E-state index contributed by atoms with van der Waals surface area (Å²) in [4.78, 5) is 12.2. The van der Waals surface area contributed by atoms with Crippen molar-refractivity contribution in [3.8, 4) is 5.75 Å². The Balaban J connectivity index is 2.21. The zero-order valence-corrected chi connectivity index (χ0v) is 12.8. The normalized spacial score (nSPS) is 18.3. The van der Waals surface area contributed by atoms with Crippen LogP contribution in [0.25, 0.3) is 0 Å². The molecule has 5 nitrogen and oxygen atoms in total. The van der Waals surface area contributed by atoms with Crippen LogP contribution in [0.3, 0.4) is 0 Å². The van der Waals surface area contributed by atoms with Crippen LogP contribution in [0.5, 0.6) is 5.75 Å². The number of ether oxygens (including phenoxy) is 3. The first-order valence-corrected chi connectivity index (χ1v) is 7.32. The molecule has 1 unspecified atom stereocenters. The predicted molar refractivity (Wildman–Crippen MR) is 81.6 cm³/mol. The molecule has 0 saturated carbocycles. The van der Waals surface area contributed by atoms with Crippen LogP contribution in [-0.2, 0) is 14.3 Å². The second-order valence-corrected chi connectivity index (χ2v) is 5.33. The first-order chi connectivity index (χ1) is 10.6. The van der Waals surface area contributed by atoms with Gasteiger partial charge in [-0.1, -0.05) is 24.8 Å². The van der Waals surface area contributed by atoms with E-state index in [1.54, 1.807) is 30.3 Å². The number of benzene rings is 1. The summed E-state index contributed by atoms with van der Waals surface area (Å²) < 4.78 is 15.7. The lowest BCUT2D eigenvalue weighted by atomic mass is 9.73. The maximum absolute atomic E-state index is 12.2. The Kier molecular flexibility index (Phi) is 5.57. The molecule has 1 heterocycles. The lowest BCUT2D eigenvalue weighted by Crippen LogP contribution is -2.43. The van der Waals surface area contributed by atoms with Crippen molar-refractivity contribution in [2.45, 2.75) is 18.9 Å². The summed E-state index contributed by atoms with van der Waals surface area (Å²) in [7, 11) is 1.35. The van der Waals surface area contributed by atoms with Crippen molar-refractivity contribution < 1.29 is 24.1 Å². The number of esters is 1. The minimum absolute atomic E-state index is 0.393. The molecule has 1 aromatic carbocycles. The summed E-state index contributed by atoms with van der Waals surface area (Å²) in [6, 6.07) is 7.07. The van der Waals surface area contributed by atoms with Gasteiger partial charge >= 0.3 is 5.97 Å². The highest BCUT2D eigenvalue weighted by Crippen LogP contribution is 2.43. The van der Waals surface area contributed by atoms with E-state index < -0.39 is 17.5 Å². The van der Waals surface area contributed by atoms with Gasteiger partial charge in [0.15, 0.2) is 0 Å². The van der Waals surface area contributed by atoms with Crippen molar-refractivity contribution in [2.75, 3.05) is 26.9 Å². The standard InChI is InChI=1S/C17H22O5/c1-3-10-22-14-6-4-13(5-7-14)15(18)17(16(19)20-2)8-11-21-12-9-17/h3-7,15,18H,1,8-12H2,2H3. The van der Waals surface area contributed by atoms with E-state index in [0.29, 0.717) is 44.0 Å². The van der Waals surface area contributed by atoms with Gasteiger partial charge in [-0.15, -0.1) is 0 Å². The van der Waals surface area contributed by atoms with Crippen LogP contribution < -0.4 is 4.74 Å². The number of hydrogen-bond acceptors (Lipinski definition) is 5. The molecule has 22 heavy (non-hydrogen) atoms. The van der Waals surface area contributed by atoms with Gasteiger partial charge < -0.3 is 19.3 Å². The van der Waals surface area contributed by atoms with Crippen LogP contribution >= 0.6 is 0 Å². The summed E-state index contributed by atoms with van der Waals surface area (Å²) in [5.41, 5.74) is -0.283. The average molecular weight is 306 g/mol. The zero-order valence-electron chi connectivity index (χ0n) is 12.8. The van der Waals surface area contributed by atoms with Crippen molar-refractivity contribution in [3.63, 3.8) is 0 Å². The van der Waals surface area contributed by atoms with E-state index in [4.69, 9.17) is 14.2 Å². The molecule has 120 valence electrons. The molecule has 5 heteroatoms. The molecule has 0 spiro atoms. The van der Waals surface area contributed by atoms with E-state index in [2.05, 4.69) is 6.58 Å². The molecule has 2 rings (SSSR count). The molecule has 1 aliphatic heterocycles. The van der Waals surface area contributed by atoms with Crippen molar-refractivity contribution in [1.82, 2.24) is 0 Å². The molecule has 0 bridgehead atoms. The number of rotatable bonds is 6. The van der Waals surface area contributed by atoms with Crippen molar-refractivity contribution in [1.29, 1.82) is 0 Å². The number of aliphatic hydroxyl groups excluding tert-OH is 1. The fourth-order valence-electron chi connectivity index (χ4n) is 2.75. The van der Waals surface area contributed by atoms with Crippen LogP contribution in [0.15, 0.2) is 36.9 Å². The van der Waals surface area contributed by atoms with E-state index in [1.165, 1.54) is 7.11 Å². The van der Waals surface area contributed by atoms with Crippen LogP contribution in [0.4, 0.5) is 0 Å². The number of methoxy groups -OCH3 is 1. The number of hydrogen-bond donors (Lipinski definition) is 1. The molecule has 1 saturated heterocycles. The molecule has 1 N–H and O–H groups in total. The Morgan fingerprint density at radius 1 is 1.41 bits per heavy atom. The van der Waals surface area contributed by atoms with E-state index >= 15 is 0 Å². The van der Waals surface area contributed by atoms with Crippen molar-refractivity contribution >= 4 is 5.97 Å². The second-order valence-electron chi connectivity index (χ2n) is 5.33. The summed E-state index contributed by atoms with van der Waals surface area (Å²) in [5.74, 6) is 0.297. The van der Waals surface area contributed by atoms with Gasteiger partial charge in [0.05, 0.1) is 13.2 Å². The molecule has 1 aromatic rings. The average Bonchev–Trinajstić information content (AvgIpc) is 2.59. The Morgan fingerprint density at radius 2 is 2.05 bits per heavy atom. The third-order valence-corrected chi connectivity index (χ3v) is 4.06. The number of aliphatic hydroxyl groups is 1. The third kappa shape index (κ3) is 3.31. The summed E-state index contributed by atoms with van der Waals surface area (Å²) >= 11 is 0. The third-order valence-electron chi connectivity index (χ3n) is 4.06. The summed E-state index contributed by atoms with van der Waals surface area (Å²) in [6.45, 7) is 4.89. The molecule has 0 radical (unpaired) electrons. The molecule has 0 aliphatic carbocycles. The van der Waals surface area contributed by atoms with Gasteiger partial charge in [-0.3, -0.25) is 4.79 Å². The zero-order chi connectivity index (χ0) is 16.0. The van der Waals surface area contributed by atoms with Gasteiger partial charge in [-0.2, -0.15) is 0 Å². The quantitative estimate of drug-likeness (QED) is 0.645. The van der Waals surface area contributed by atoms with E-state index in [-0.39, 0.29) is 0 Å². The first-order valence-electron chi connectivity index (χ1n) is 7.32. The molecule has 0 amide bonds. The van der Waals surface area contributed by atoms with Crippen molar-refractivity contribution in [2.24, 2.45) is 5.41 Å². The van der Waals surface area contributed by atoms with Crippen LogP contribution in [0.1, 0.15) is 24.5 Å². The highest BCUT2D eigenvalue weighted by atomic mass is 16.5. The van der Waals surface area contributed by atoms with Crippen LogP contribution in [-0.4, -0.2) is 38.0 Å². The monoisotopic (exact) mass is 306 g/mol. The van der Waals surface area contributed by atoms with Crippen LogP contribution in [0.2, 0.25) is 0 Å². The highest BCUT2D eigenvalue weighted by molar-refractivity contribution is 5.78. The molecule has 1 atom stereocenters. The SMILES string of the molecule is C=CCOc1ccc(C(O)C2(C(=O)OC)CCOCC2)cc1. The topological polar surface area (TPSA) is 65.0 Å². The Bertz CT molecular complexity index is 502. The summed E-state index contributed by atoms with van der Waals surface area (Å²) in [5, 5.41) is 10.8. The van der Waals surface area contributed by atoms with Gasteiger partial charge in [0.25, 0.3) is 0 Å². The fourth-order valence-corrected chi connectivity index (χ4v) is 2.75. The van der Waals surface area contributed by atoms with E-state index in [0.717, 1.165) is 0 Å². The Morgan fingerprint density at radius 3 is 2.59 bits per heavy atom. The second kappa shape index (κ2) is 7.42. The van der Waals surface area contributed by atoms with Gasteiger partial charge in [0.1, 0.15) is 17.8 Å². The van der Waals surface area contributed by atoms with Gasteiger partial charge in [-0.05, 0) is 30.5 Å². The molecular weight excluding hydrogens is 284 g/mol. The maximum Gasteiger partial charge on any atom is 0.314 e. The minimum atomic E-state index is -0.948. The van der Waals surface area contributed by atoms with Gasteiger partial charge in [0.2, 0.25) is 0 Å². The Labute approximate surface area is 130 Å². The molecule has 1 fully saturated rings. The molecular formula is C17H22O5. The van der Waals surface area contributed by atoms with E-state index in [9.17, 15) is 9.90 Å². The molecule has 1 aliphatic rings. The highest BCUT2D eigenvalue weighted by Gasteiger charge is 2.48. The lowest BCUT2D eigenvalue weighted by molar-refractivity contribution is -0.170. The predicted octanol–water partition coefficient (Wildman–Crippen LogP) is 2.25. The van der Waals surface area contributed by atoms with E-state index in [1.807, 2.05) is 0 Å². The first kappa shape index (κ1) is 16.5. The minimum Gasteiger partial charge on any atom is -0.490 e. The molecule has 0 aromatic heterocycles. The van der Waals surface area contributed by atoms with Crippen LogP contribution in [0, 0.1) is 5.41 Å². The fraction of sp³-hybridized carbons (Fsp3) is 0.471. The number of carbonyl (C=O) groups is 1. The maximum atomic E-state index is 12.2.